The molecule has 0 heterocycles. The summed E-state index contributed by atoms with van der Waals surface area (Å²) < 4.78 is 0. The summed E-state index contributed by atoms with van der Waals surface area (Å²) in [6.07, 6.45) is 1.40. The minimum Gasteiger partial charge on any atom is -0.393 e. The zero-order chi connectivity index (χ0) is 11.6. The molecule has 0 bridgehead atoms. The number of urea groups is 1. The maximum Gasteiger partial charge on any atom is 0.312 e. The van der Waals surface area contributed by atoms with Gasteiger partial charge in [0.25, 0.3) is 0 Å². The standard InChI is InChI=1S/C11H22N2O2/c1-6(2)10-8(13-11(12)15)4-7(3)5-9(10)14/h6-10,14H,4-5H2,1-3H3,(H3,12,13,15)/t7-,8?,9-,10+/m1/s1. The van der Waals surface area contributed by atoms with Crippen molar-refractivity contribution in [2.24, 2.45) is 23.5 Å². The van der Waals surface area contributed by atoms with Crippen LogP contribution in [-0.2, 0) is 0 Å². The Labute approximate surface area is 91.2 Å². The largest absolute Gasteiger partial charge is 0.393 e. The molecule has 0 aromatic heterocycles. The van der Waals surface area contributed by atoms with Crippen LogP contribution in [-0.4, -0.2) is 23.3 Å². The molecule has 1 rings (SSSR count). The average molecular weight is 214 g/mol. The Kier molecular flexibility index (Phi) is 3.97. The van der Waals surface area contributed by atoms with Crippen LogP contribution in [0.1, 0.15) is 33.6 Å². The molecular weight excluding hydrogens is 192 g/mol. The third-order valence-corrected chi connectivity index (χ3v) is 3.31. The van der Waals surface area contributed by atoms with Gasteiger partial charge in [0.05, 0.1) is 6.10 Å². The van der Waals surface area contributed by atoms with Gasteiger partial charge in [0.15, 0.2) is 0 Å². The predicted octanol–water partition coefficient (Wildman–Crippen LogP) is 1.09. The number of carbonyl (C=O) groups is 1. The van der Waals surface area contributed by atoms with Crippen LogP contribution >= 0.6 is 0 Å². The molecule has 0 aromatic rings. The number of rotatable bonds is 2. The van der Waals surface area contributed by atoms with Crippen LogP contribution in [0.15, 0.2) is 0 Å². The molecule has 88 valence electrons. The van der Waals surface area contributed by atoms with E-state index in [1.165, 1.54) is 0 Å². The molecule has 4 nitrogen and oxygen atoms in total. The topological polar surface area (TPSA) is 75.3 Å². The minimum atomic E-state index is -0.494. The molecule has 15 heavy (non-hydrogen) atoms. The zero-order valence-corrected chi connectivity index (χ0v) is 9.73. The lowest BCUT2D eigenvalue weighted by molar-refractivity contribution is 0.00691. The van der Waals surface area contributed by atoms with Gasteiger partial charge in [-0.05, 0) is 24.7 Å². The molecular formula is C11H22N2O2. The Bertz CT molecular complexity index is 231. The van der Waals surface area contributed by atoms with Gasteiger partial charge in [-0.15, -0.1) is 0 Å². The third-order valence-electron chi connectivity index (χ3n) is 3.31. The van der Waals surface area contributed by atoms with Crippen LogP contribution < -0.4 is 11.1 Å². The van der Waals surface area contributed by atoms with Crippen molar-refractivity contribution < 1.29 is 9.90 Å². The van der Waals surface area contributed by atoms with E-state index in [1.54, 1.807) is 0 Å². The van der Waals surface area contributed by atoms with E-state index in [9.17, 15) is 9.90 Å². The molecule has 4 N–H and O–H groups in total. The molecule has 0 saturated heterocycles. The number of carbonyl (C=O) groups excluding carboxylic acids is 1. The first-order chi connectivity index (χ1) is 6.91. The number of aliphatic hydroxyl groups excluding tert-OH is 1. The molecule has 2 amide bonds. The fraction of sp³-hybridized carbons (Fsp3) is 0.909. The van der Waals surface area contributed by atoms with Gasteiger partial charge in [0.1, 0.15) is 0 Å². The van der Waals surface area contributed by atoms with Crippen LogP contribution in [0.2, 0.25) is 0 Å². The van der Waals surface area contributed by atoms with Crippen LogP contribution in [0.25, 0.3) is 0 Å². The van der Waals surface area contributed by atoms with Crippen molar-refractivity contribution in [3.8, 4) is 0 Å². The molecule has 1 fully saturated rings. The number of amides is 2. The van der Waals surface area contributed by atoms with Crippen molar-refractivity contribution in [3.63, 3.8) is 0 Å². The molecule has 4 heteroatoms. The summed E-state index contributed by atoms with van der Waals surface area (Å²) in [4.78, 5) is 10.9. The van der Waals surface area contributed by atoms with Gasteiger partial charge in [-0.25, -0.2) is 4.79 Å². The maximum absolute atomic E-state index is 10.9. The Balaban J connectivity index is 2.72. The maximum atomic E-state index is 10.9. The van der Waals surface area contributed by atoms with Gasteiger partial charge in [-0.1, -0.05) is 20.8 Å². The van der Waals surface area contributed by atoms with E-state index in [-0.39, 0.29) is 18.1 Å². The first kappa shape index (κ1) is 12.3. The van der Waals surface area contributed by atoms with Gasteiger partial charge in [-0.3, -0.25) is 0 Å². The second-order valence-corrected chi connectivity index (χ2v) is 5.08. The third kappa shape index (κ3) is 3.09. The highest BCUT2D eigenvalue weighted by molar-refractivity contribution is 5.72. The summed E-state index contributed by atoms with van der Waals surface area (Å²) >= 11 is 0. The lowest BCUT2D eigenvalue weighted by Gasteiger charge is -2.40. The van der Waals surface area contributed by atoms with Gasteiger partial charge in [0, 0.05) is 12.0 Å². The summed E-state index contributed by atoms with van der Waals surface area (Å²) in [7, 11) is 0. The van der Waals surface area contributed by atoms with Crippen molar-refractivity contribution in [3.05, 3.63) is 0 Å². The van der Waals surface area contributed by atoms with Crippen LogP contribution in [0, 0.1) is 17.8 Å². The zero-order valence-electron chi connectivity index (χ0n) is 9.73. The van der Waals surface area contributed by atoms with E-state index >= 15 is 0 Å². The lowest BCUT2D eigenvalue weighted by atomic mass is 9.72. The summed E-state index contributed by atoms with van der Waals surface area (Å²) in [5.41, 5.74) is 5.14. The lowest BCUT2D eigenvalue weighted by Crippen LogP contribution is -2.52. The summed E-state index contributed by atoms with van der Waals surface area (Å²) in [5.74, 6) is 0.907. The second kappa shape index (κ2) is 4.84. The number of primary amides is 1. The Morgan fingerprint density at radius 3 is 2.53 bits per heavy atom. The molecule has 1 saturated carbocycles. The van der Waals surface area contributed by atoms with Crippen molar-refractivity contribution in [2.45, 2.75) is 45.8 Å². The monoisotopic (exact) mass is 214 g/mol. The quantitative estimate of drug-likeness (QED) is 0.643. The molecule has 0 spiro atoms. The van der Waals surface area contributed by atoms with Crippen LogP contribution in [0.5, 0.6) is 0 Å². The van der Waals surface area contributed by atoms with E-state index in [0.717, 1.165) is 12.8 Å². The summed E-state index contributed by atoms with van der Waals surface area (Å²) in [5, 5.41) is 12.8. The second-order valence-electron chi connectivity index (χ2n) is 5.08. The van der Waals surface area contributed by atoms with Crippen molar-refractivity contribution in [1.82, 2.24) is 5.32 Å². The number of nitrogens with two attached hydrogens (primary N) is 1. The smallest absolute Gasteiger partial charge is 0.312 e. The van der Waals surface area contributed by atoms with Crippen molar-refractivity contribution in [1.29, 1.82) is 0 Å². The average Bonchev–Trinajstić information content (AvgIpc) is 1.99. The number of hydrogen-bond acceptors (Lipinski definition) is 2. The molecule has 0 aromatic carbocycles. The van der Waals surface area contributed by atoms with E-state index < -0.39 is 6.03 Å². The summed E-state index contributed by atoms with van der Waals surface area (Å²) in [6.45, 7) is 6.23. The molecule has 1 aliphatic carbocycles. The van der Waals surface area contributed by atoms with Gasteiger partial charge >= 0.3 is 6.03 Å². The van der Waals surface area contributed by atoms with E-state index in [0.29, 0.717) is 11.8 Å². The van der Waals surface area contributed by atoms with E-state index in [2.05, 4.69) is 26.1 Å². The molecule has 0 radical (unpaired) electrons. The molecule has 4 atom stereocenters. The van der Waals surface area contributed by atoms with Crippen molar-refractivity contribution in [2.75, 3.05) is 0 Å². The molecule has 1 aliphatic rings. The molecule has 0 aliphatic heterocycles. The van der Waals surface area contributed by atoms with Crippen LogP contribution in [0.4, 0.5) is 4.79 Å². The first-order valence-electron chi connectivity index (χ1n) is 5.65. The minimum absolute atomic E-state index is 0.0150. The van der Waals surface area contributed by atoms with Crippen molar-refractivity contribution >= 4 is 6.03 Å². The Morgan fingerprint density at radius 2 is 2.07 bits per heavy atom. The number of nitrogens with one attached hydrogen (secondary N) is 1. The van der Waals surface area contributed by atoms with Gasteiger partial charge in [0.2, 0.25) is 0 Å². The fourth-order valence-corrected chi connectivity index (χ4v) is 2.77. The highest BCUT2D eigenvalue weighted by Gasteiger charge is 2.37. The Hall–Kier alpha value is -0.770. The van der Waals surface area contributed by atoms with Gasteiger partial charge in [-0.2, -0.15) is 0 Å². The Morgan fingerprint density at radius 1 is 1.47 bits per heavy atom. The summed E-state index contributed by atoms with van der Waals surface area (Å²) in [6, 6.07) is -0.479. The normalized spacial score (nSPS) is 36.6. The number of aliphatic hydroxyl groups is 1. The first-order valence-corrected chi connectivity index (χ1v) is 5.65. The van der Waals surface area contributed by atoms with E-state index in [4.69, 9.17) is 5.73 Å². The van der Waals surface area contributed by atoms with E-state index in [1.807, 2.05) is 0 Å². The van der Waals surface area contributed by atoms with Crippen LogP contribution in [0.3, 0.4) is 0 Å². The SMILES string of the molecule is CC(C)[C@H]1C(NC(N)=O)C[C@@H](C)C[C@H]1O. The fourth-order valence-electron chi connectivity index (χ4n) is 2.77. The highest BCUT2D eigenvalue weighted by Crippen LogP contribution is 2.33. The number of hydrogen-bond donors (Lipinski definition) is 3. The molecule has 1 unspecified atom stereocenters. The highest BCUT2D eigenvalue weighted by atomic mass is 16.3. The van der Waals surface area contributed by atoms with Gasteiger partial charge < -0.3 is 16.2 Å². The predicted molar refractivity (Wildman–Crippen MR) is 59.2 cm³/mol.